The van der Waals surface area contributed by atoms with Crippen LogP contribution in [0.2, 0.25) is 0 Å². The number of aryl methyl sites for hydroxylation is 2. The van der Waals surface area contributed by atoms with Gasteiger partial charge in [0.15, 0.2) is 11.5 Å². The van der Waals surface area contributed by atoms with Gasteiger partial charge in [-0.3, -0.25) is 0 Å². The second-order valence-electron chi connectivity index (χ2n) is 6.51. The van der Waals surface area contributed by atoms with Gasteiger partial charge in [0.2, 0.25) is 0 Å². The standard InChI is InChI=1S/C18H24N4O2/c1-2-17-20-21-18-6-4-14(12-22(17)18)11-19-10-13-3-5-15-16(9-13)24-8-7-23-15/h3,5,9,14,19H,2,4,6-8,10-12H2,1H3/t14-/m1/s1. The van der Waals surface area contributed by atoms with Gasteiger partial charge in [0.1, 0.15) is 24.9 Å². The summed E-state index contributed by atoms with van der Waals surface area (Å²) in [5.41, 5.74) is 1.23. The van der Waals surface area contributed by atoms with E-state index in [9.17, 15) is 0 Å². The van der Waals surface area contributed by atoms with Crippen molar-refractivity contribution < 1.29 is 9.47 Å². The van der Waals surface area contributed by atoms with Gasteiger partial charge in [-0.2, -0.15) is 0 Å². The number of fused-ring (bicyclic) bond motifs is 2. The molecule has 24 heavy (non-hydrogen) atoms. The predicted octanol–water partition coefficient (Wildman–Crippen LogP) is 1.96. The van der Waals surface area contributed by atoms with E-state index in [0.29, 0.717) is 19.1 Å². The van der Waals surface area contributed by atoms with Gasteiger partial charge in [0.25, 0.3) is 0 Å². The maximum absolute atomic E-state index is 5.65. The molecule has 0 saturated heterocycles. The topological polar surface area (TPSA) is 61.2 Å². The van der Waals surface area contributed by atoms with Crippen molar-refractivity contribution in [1.29, 1.82) is 0 Å². The monoisotopic (exact) mass is 328 g/mol. The Kier molecular flexibility index (Phi) is 4.38. The number of ether oxygens (including phenoxy) is 2. The molecule has 2 aliphatic rings. The summed E-state index contributed by atoms with van der Waals surface area (Å²) in [6.45, 7) is 6.29. The molecule has 128 valence electrons. The molecule has 0 saturated carbocycles. The molecular formula is C18H24N4O2. The minimum absolute atomic E-state index is 0.632. The molecule has 1 aromatic heterocycles. The fourth-order valence-electron chi connectivity index (χ4n) is 3.50. The maximum atomic E-state index is 5.65. The molecule has 2 aliphatic heterocycles. The van der Waals surface area contributed by atoms with E-state index in [1.54, 1.807) is 0 Å². The molecule has 1 N–H and O–H groups in total. The molecular weight excluding hydrogens is 304 g/mol. The van der Waals surface area contributed by atoms with Crippen LogP contribution in [0.25, 0.3) is 0 Å². The third kappa shape index (κ3) is 3.11. The third-order valence-corrected chi connectivity index (χ3v) is 4.81. The molecule has 3 heterocycles. The fraction of sp³-hybridized carbons (Fsp3) is 0.556. The highest BCUT2D eigenvalue weighted by Crippen LogP contribution is 2.30. The van der Waals surface area contributed by atoms with E-state index in [-0.39, 0.29) is 0 Å². The summed E-state index contributed by atoms with van der Waals surface area (Å²) in [6, 6.07) is 6.19. The Morgan fingerprint density at radius 3 is 2.96 bits per heavy atom. The van der Waals surface area contributed by atoms with Crippen molar-refractivity contribution in [3.63, 3.8) is 0 Å². The van der Waals surface area contributed by atoms with Gasteiger partial charge in [-0.1, -0.05) is 13.0 Å². The average molecular weight is 328 g/mol. The van der Waals surface area contributed by atoms with Crippen molar-refractivity contribution in [3.05, 3.63) is 35.4 Å². The first kappa shape index (κ1) is 15.4. The van der Waals surface area contributed by atoms with Gasteiger partial charge in [-0.15, -0.1) is 10.2 Å². The van der Waals surface area contributed by atoms with Crippen molar-refractivity contribution in [2.24, 2.45) is 5.92 Å². The first-order valence-corrected chi connectivity index (χ1v) is 8.83. The largest absolute Gasteiger partial charge is 0.486 e. The van der Waals surface area contributed by atoms with Crippen LogP contribution in [0.1, 0.15) is 30.6 Å². The number of rotatable bonds is 5. The van der Waals surface area contributed by atoms with E-state index in [0.717, 1.165) is 55.6 Å². The highest BCUT2D eigenvalue weighted by atomic mass is 16.6. The van der Waals surface area contributed by atoms with Crippen molar-refractivity contribution >= 4 is 0 Å². The molecule has 0 radical (unpaired) electrons. The van der Waals surface area contributed by atoms with Crippen molar-refractivity contribution in [1.82, 2.24) is 20.1 Å². The van der Waals surface area contributed by atoms with Gasteiger partial charge < -0.3 is 19.4 Å². The summed E-state index contributed by atoms with van der Waals surface area (Å²) < 4.78 is 13.5. The maximum Gasteiger partial charge on any atom is 0.161 e. The lowest BCUT2D eigenvalue weighted by molar-refractivity contribution is 0.171. The second-order valence-corrected chi connectivity index (χ2v) is 6.51. The zero-order chi connectivity index (χ0) is 16.4. The number of hydrogen-bond donors (Lipinski definition) is 1. The van der Waals surface area contributed by atoms with Crippen LogP contribution in [0.4, 0.5) is 0 Å². The van der Waals surface area contributed by atoms with Gasteiger partial charge in [0.05, 0.1) is 0 Å². The molecule has 6 heteroatoms. The van der Waals surface area contributed by atoms with Gasteiger partial charge in [0, 0.05) is 25.9 Å². The van der Waals surface area contributed by atoms with Gasteiger partial charge in [-0.05, 0) is 36.6 Å². The average Bonchev–Trinajstić information content (AvgIpc) is 3.04. The summed E-state index contributed by atoms with van der Waals surface area (Å²) in [6.07, 6.45) is 3.16. The lowest BCUT2D eigenvalue weighted by Gasteiger charge is -2.24. The van der Waals surface area contributed by atoms with Crippen LogP contribution >= 0.6 is 0 Å². The molecule has 0 amide bonds. The number of nitrogens with one attached hydrogen (secondary N) is 1. The Balaban J connectivity index is 1.32. The van der Waals surface area contributed by atoms with Crippen LogP contribution in [-0.2, 0) is 25.9 Å². The molecule has 6 nitrogen and oxygen atoms in total. The first-order valence-electron chi connectivity index (χ1n) is 8.83. The minimum Gasteiger partial charge on any atom is -0.486 e. The smallest absolute Gasteiger partial charge is 0.161 e. The van der Waals surface area contributed by atoms with E-state index >= 15 is 0 Å². The predicted molar refractivity (Wildman–Crippen MR) is 90.3 cm³/mol. The number of aromatic nitrogens is 3. The Morgan fingerprint density at radius 2 is 2.08 bits per heavy atom. The summed E-state index contributed by atoms with van der Waals surface area (Å²) in [5.74, 6) is 4.61. The fourth-order valence-corrected chi connectivity index (χ4v) is 3.50. The van der Waals surface area contributed by atoms with Crippen LogP contribution in [0.5, 0.6) is 11.5 Å². The Hall–Kier alpha value is -2.08. The van der Waals surface area contributed by atoms with Crippen molar-refractivity contribution in [3.8, 4) is 11.5 Å². The molecule has 0 fully saturated rings. The Bertz CT molecular complexity index is 700. The lowest BCUT2D eigenvalue weighted by atomic mass is 9.99. The molecule has 0 aliphatic carbocycles. The molecule has 0 bridgehead atoms. The van der Waals surface area contributed by atoms with E-state index < -0.39 is 0 Å². The molecule has 0 unspecified atom stereocenters. The lowest BCUT2D eigenvalue weighted by Crippen LogP contribution is -2.30. The summed E-state index contributed by atoms with van der Waals surface area (Å²) in [5, 5.41) is 12.2. The number of benzene rings is 1. The Morgan fingerprint density at radius 1 is 1.21 bits per heavy atom. The highest BCUT2D eigenvalue weighted by molar-refractivity contribution is 5.43. The van der Waals surface area contributed by atoms with Crippen molar-refractivity contribution in [2.45, 2.75) is 39.3 Å². The normalized spacial score (nSPS) is 19.1. The van der Waals surface area contributed by atoms with E-state index in [4.69, 9.17) is 9.47 Å². The number of hydrogen-bond acceptors (Lipinski definition) is 5. The molecule has 0 spiro atoms. The number of nitrogens with zero attached hydrogens (tertiary/aromatic N) is 3. The van der Waals surface area contributed by atoms with E-state index in [1.807, 2.05) is 6.07 Å². The highest BCUT2D eigenvalue weighted by Gasteiger charge is 2.22. The second kappa shape index (κ2) is 6.81. The van der Waals surface area contributed by atoms with E-state index in [1.165, 1.54) is 12.0 Å². The minimum atomic E-state index is 0.632. The van der Waals surface area contributed by atoms with Crippen LogP contribution in [0.3, 0.4) is 0 Å². The van der Waals surface area contributed by atoms with E-state index in [2.05, 4.69) is 39.1 Å². The summed E-state index contributed by atoms with van der Waals surface area (Å²) in [7, 11) is 0. The summed E-state index contributed by atoms with van der Waals surface area (Å²) in [4.78, 5) is 0. The molecule has 1 aromatic carbocycles. The molecule has 2 aromatic rings. The zero-order valence-corrected chi connectivity index (χ0v) is 14.1. The Labute approximate surface area is 142 Å². The molecule has 4 rings (SSSR count). The SMILES string of the molecule is CCc1nnc2n1C[C@@H](CNCc1ccc3c(c1)OCCO3)CC2. The van der Waals surface area contributed by atoms with Crippen LogP contribution in [0.15, 0.2) is 18.2 Å². The van der Waals surface area contributed by atoms with Crippen LogP contribution < -0.4 is 14.8 Å². The zero-order valence-electron chi connectivity index (χ0n) is 14.1. The summed E-state index contributed by atoms with van der Waals surface area (Å²) >= 11 is 0. The van der Waals surface area contributed by atoms with Gasteiger partial charge >= 0.3 is 0 Å². The quantitative estimate of drug-likeness (QED) is 0.909. The molecule has 1 atom stereocenters. The first-order chi connectivity index (χ1) is 11.8. The van der Waals surface area contributed by atoms with Crippen molar-refractivity contribution in [2.75, 3.05) is 19.8 Å². The third-order valence-electron chi connectivity index (χ3n) is 4.81. The van der Waals surface area contributed by atoms with Crippen LogP contribution in [-0.4, -0.2) is 34.5 Å². The van der Waals surface area contributed by atoms with Gasteiger partial charge in [-0.25, -0.2) is 0 Å². The van der Waals surface area contributed by atoms with Crippen LogP contribution in [0, 0.1) is 5.92 Å².